The summed E-state index contributed by atoms with van der Waals surface area (Å²) in [4.78, 5) is 0. The molecule has 0 aliphatic carbocycles. The zero-order valence-corrected chi connectivity index (χ0v) is 9.51. The third kappa shape index (κ3) is 5.40. The van der Waals surface area contributed by atoms with Crippen molar-refractivity contribution >= 4 is 0 Å². The van der Waals surface area contributed by atoms with Gasteiger partial charge in [-0.3, -0.25) is 0 Å². The molecular weight excluding hydrogens is 174 g/mol. The van der Waals surface area contributed by atoms with Crippen LogP contribution in [0.15, 0.2) is 11.6 Å². The maximum Gasteiger partial charge on any atom is 0.0576 e. The average Bonchev–Trinajstić information content (AvgIpc) is 2.63. The van der Waals surface area contributed by atoms with Crippen molar-refractivity contribution < 1.29 is 4.74 Å². The van der Waals surface area contributed by atoms with Gasteiger partial charge in [-0.1, -0.05) is 11.6 Å². The Bertz CT molecular complexity index is 167. The lowest BCUT2D eigenvalue weighted by Crippen LogP contribution is -2.17. The molecule has 1 aliphatic heterocycles. The molecule has 1 aliphatic rings. The van der Waals surface area contributed by atoms with Crippen LogP contribution in [0.3, 0.4) is 0 Å². The first-order valence-electron chi connectivity index (χ1n) is 5.74. The van der Waals surface area contributed by atoms with Gasteiger partial charge in [-0.25, -0.2) is 0 Å². The summed E-state index contributed by atoms with van der Waals surface area (Å²) in [5.41, 5.74) is 1.39. The van der Waals surface area contributed by atoms with E-state index in [1.165, 1.54) is 31.3 Å². The van der Waals surface area contributed by atoms with E-state index in [1.54, 1.807) is 0 Å². The molecule has 0 aromatic rings. The zero-order chi connectivity index (χ0) is 10.2. The molecule has 0 spiro atoms. The van der Waals surface area contributed by atoms with Crippen molar-refractivity contribution in [3.8, 4) is 0 Å². The Morgan fingerprint density at radius 2 is 2.36 bits per heavy atom. The molecule has 1 N–H and O–H groups in total. The second-order valence-electron chi connectivity index (χ2n) is 4.26. The van der Waals surface area contributed by atoms with Gasteiger partial charge in [0.2, 0.25) is 0 Å². The van der Waals surface area contributed by atoms with Crippen LogP contribution >= 0.6 is 0 Å². The predicted octanol–water partition coefficient (Wildman–Crippen LogP) is 2.50. The number of hydrogen-bond acceptors (Lipinski definition) is 2. The second kappa shape index (κ2) is 7.02. The monoisotopic (exact) mass is 197 g/mol. The number of allylic oxidation sites excluding steroid dienone is 1. The van der Waals surface area contributed by atoms with Gasteiger partial charge in [-0.05, 0) is 46.1 Å². The summed E-state index contributed by atoms with van der Waals surface area (Å²) in [5, 5.41) is 3.41. The maximum absolute atomic E-state index is 5.56. The SMILES string of the molecule is CC(C)=CCNCCCC1CCCO1. The minimum Gasteiger partial charge on any atom is -0.378 e. The normalized spacial score (nSPS) is 21.1. The summed E-state index contributed by atoms with van der Waals surface area (Å²) in [6, 6.07) is 0. The van der Waals surface area contributed by atoms with Crippen LogP contribution < -0.4 is 5.32 Å². The summed E-state index contributed by atoms with van der Waals surface area (Å²) in [5.74, 6) is 0. The first-order chi connectivity index (χ1) is 6.79. The Labute approximate surface area is 87.7 Å². The van der Waals surface area contributed by atoms with Gasteiger partial charge >= 0.3 is 0 Å². The van der Waals surface area contributed by atoms with Gasteiger partial charge in [0.05, 0.1) is 6.10 Å². The highest BCUT2D eigenvalue weighted by Crippen LogP contribution is 2.16. The molecule has 0 aromatic carbocycles. The van der Waals surface area contributed by atoms with Crippen LogP contribution in [-0.2, 0) is 4.74 Å². The molecule has 1 unspecified atom stereocenters. The summed E-state index contributed by atoms with van der Waals surface area (Å²) in [6.45, 7) is 7.37. The van der Waals surface area contributed by atoms with E-state index in [0.29, 0.717) is 6.10 Å². The van der Waals surface area contributed by atoms with Gasteiger partial charge in [0.25, 0.3) is 0 Å². The predicted molar refractivity (Wildman–Crippen MR) is 60.5 cm³/mol. The lowest BCUT2D eigenvalue weighted by Gasteiger charge is -2.08. The number of ether oxygens (including phenoxy) is 1. The summed E-state index contributed by atoms with van der Waals surface area (Å²) in [7, 11) is 0. The van der Waals surface area contributed by atoms with Crippen molar-refractivity contribution in [1.29, 1.82) is 0 Å². The number of rotatable bonds is 6. The molecule has 0 bridgehead atoms. The topological polar surface area (TPSA) is 21.3 Å². The van der Waals surface area contributed by atoms with Crippen molar-refractivity contribution in [2.45, 2.75) is 45.6 Å². The summed E-state index contributed by atoms with van der Waals surface area (Å²) < 4.78 is 5.56. The Morgan fingerprint density at radius 1 is 1.50 bits per heavy atom. The van der Waals surface area contributed by atoms with Crippen LogP contribution in [0.4, 0.5) is 0 Å². The van der Waals surface area contributed by atoms with Crippen LogP contribution in [-0.4, -0.2) is 25.8 Å². The van der Waals surface area contributed by atoms with Gasteiger partial charge in [-0.2, -0.15) is 0 Å². The van der Waals surface area contributed by atoms with Crippen molar-refractivity contribution in [2.24, 2.45) is 0 Å². The third-order valence-corrected chi connectivity index (χ3v) is 2.56. The molecule has 1 saturated heterocycles. The quantitative estimate of drug-likeness (QED) is 0.522. The highest BCUT2D eigenvalue weighted by atomic mass is 16.5. The lowest BCUT2D eigenvalue weighted by molar-refractivity contribution is 0.102. The van der Waals surface area contributed by atoms with Crippen LogP contribution in [0.5, 0.6) is 0 Å². The third-order valence-electron chi connectivity index (χ3n) is 2.56. The maximum atomic E-state index is 5.56. The standard InChI is InChI=1S/C12H23NO/c1-11(2)7-9-13-8-3-5-12-6-4-10-14-12/h7,12-13H,3-6,8-10H2,1-2H3. The Morgan fingerprint density at radius 3 is 3.00 bits per heavy atom. The molecule has 0 amide bonds. The van der Waals surface area contributed by atoms with Gasteiger partial charge in [0.15, 0.2) is 0 Å². The van der Waals surface area contributed by atoms with Gasteiger partial charge in [0.1, 0.15) is 0 Å². The Kier molecular flexibility index (Phi) is 5.88. The molecule has 0 radical (unpaired) electrons. The van der Waals surface area contributed by atoms with E-state index >= 15 is 0 Å². The van der Waals surface area contributed by atoms with Crippen LogP contribution in [0, 0.1) is 0 Å². The molecule has 1 fully saturated rings. The first kappa shape index (κ1) is 11.7. The molecule has 82 valence electrons. The molecule has 1 rings (SSSR count). The molecule has 2 heteroatoms. The number of hydrogen-bond donors (Lipinski definition) is 1. The second-order valence-corrected chi connectivity index (χ2v) is 4.26. The Balaban J connectivity index is 1.86. The number of nitrogens with one attached hydrogen (secondary N) is 1. The van der Waals surface area contributed by atoms with E-state index < -0.39 is 0 Å². The van der Waals surface area contributed by atoms with E-state index in [9.17, 15) is 0 Å². The molecule has 0 aromatic heterocycles. The van der Waals surface area contributed by atoms with E-state index in [4.69, 9.17) is 4.74 Å². The largest absolute Gasteiger partial charge is 0.378 e. The molecule has 1 atom stereocenters. The van der Waals surface area contributed by atoms with E-state index in [-0.39, 0.29) is 0 Å². The van der Waals surface area contributed by atoms with Gasteiger partial charge in [-0.15, -0.1) is 0 Å². The Hall–Kier alpha value is -0.340. The highest BCUT2D eigenvalue weighted by molar-refractivity contribution is 4.94. The summed E-state index contributed by atoms with van der Waals surface area (Å²) in [6.07, 6.45) is 7.78. The minimum absolute atomic E-state index is 0.556. The molecular formula is C12H23NO. The van der Waals surface area contributed by atoms with E-state index in [1.807, 2.05) is 0 Å². The van der Waals surface area contributed by atoms with Crippen molar-refractivity contribution in [1.82, 2.24) is 5.32 Å². The zero-order valence-electron chi connectivity index (χ0n) is 9.51. The van der Waals surface area contributed by atoms with E-state index in [0.717, 1.165) is 19.7 Å². The fraction of sp³-hybridized carbons (Fsp3) is 0.833. The minimum atomic E-state index is 0.556. The molecule has 0 saturated carbocycles. The highest BCUT2D eigenvalue weighted by Gasteiger charge is 2.13. The van der Waals surface area contributed by atoms with Crippen molar-refractivity contribution in [2.75, 3.05) is 19.7 Å². The first-order valence-corrected chi connectivity index (χ1v) is 5.74. The molecule has 1 heterocycles. The van der Waals surface area contributed by atoms with Gasteiger partial charge in [0, 0.05) is 13.2 Å². The fourth-order valence-electron chi connectivity index (χ4n) is 1.71. The lowest BCUT2D eigenvalue weighted by atomic mass is 10.1. The van der Waals surface area contributed by atoms with Crippen LogP contribution in [0.1, 0.15) is 39.5 Å². The van der Waals surface area contributed by atoms with Crippen molar-refractivity contribution in [3.05, 3.63) is 11.6 Å². The van der Waals surface area contributed by atoms with Gasteiger partial charge < -0.3 is 10.1 Å². The summed E-state index contributed by atoms with van der Waals surface area (Å²) >= 11 is 0. The fourth-order valence-corrected chi connectivity index (χ4v) is 1.71. The van der Waals surface area contributed by atoms with Crippen LogP contribution in [0.2, 0.25) is 0 Å². The smallest absolute Gasteiger partial charge is 0.0576 e. The van der Waals surface area contributed by atoms with E-state index in [2.05, 4.69) is 25.2 Å². The van der Waals surface area contributed by atoms with Crippen molar-refractivity contribution in [3.63, 3.8) is 0 Å². The average molecular weight is 197 g/mol. The molecule has 2 nitrogen and oxygen atoms in total. The molecule has 14 heavy (non-hydrogen) atoms. The van der Waals surface area contributed by atoms with Crippen LogP contribution in [0.25, 0.3) is 0 Å².